The van der Waals surface area contributed by atoms with Crippen LogP contribution in [0, 0.1) is 5.41 Å². The van der Waals surface area contributed by atoms with Crippen LogP contribution >= 0.6 is 15.9 Å². The van der Waals surface area contributed by atoms with E-state index in [9.17, 15) is 0 Å². The number of rotatable bonds is 8. The van der Waals surface area contributed by atoms with Crippen molar-refractivity contribution < 1.29 is 0 Å². The lowest BCUT2D eigenvalue weighted by Gasteiger charge is -2.28. The van der Waals surface area contributed by atoms with E-state index >= 15 is 0 Å². The van der Waals surface area contributed by atoms with Crippen LogP contribution in [-0.2, 0) is 0 Å². The molecule has 0 saturated heterocycles. The monoisotopic (exact) mass is 343 g/mol. The lowest BCUT2D eigenvalue weighted by atomic mass is 9.93. The number of nitrogens with zero attached hydrogens (tertiary/aromatic N) is 3. The Labute approximate surface area is 130 Å². The third-order valence-electron chi connectivity index (χ3n) is 2.76. The molecule has 5 nitrogen and oxygen atoms in total. The summed E-state index contributed by atoms with van der Waals surface area (Å²) in [5, 5.41) is 6.61. The van der Waals surface area contributed by atoms with Crippen LogP contribution in [0.1, 0.15) is 27.2 Å². The molecule has 0 amide bonds. The quantitative estimate of drug-likeness (QED) is 0.759. The van der Waals surface area contributed by atoms with Crippen molar-refractivity contribution in [1.29, 1.82) is 0 Å². The topological polar surface area (TPSA) is 53.1 Å². The van der Waals surface area contributed by atoms with Gasteiger partial charge >= 0.3 is 0 Å². The summed E-state index contributed by atoms with van der Waals surface area (Å²) in [6, 6.07) is 0. The molecule has 2 N–H and O–H groups in total. The van der Waals surface area contributed by atoms with Crippen LogP contribution in [0.25, 0.3) is 0 Å². The van der Waals surface area contributed by atoms with Crippen LogP contribution < -0.4 is 10.6 Å². The Kier molecular flexibility index (Phi) is 6.68. The summed E-state index contributed by atoms with van der Waals surface area (Å²) in [6.07, 6.45) is 2.84. The summed E-state index contributed by atoms with van der Waals surface area (Å²) < 4.78 is 0.889. The molecule has 1 aromatic rings. The number of nitrogens with one attached hydrogen (secondary N) is 2. The van der Waals surface area contributed by atoms with Gasteiger partial charge in [-0.15, -0.1) is 0 Å². The molecule has 0 aromatic carbocycles. The Morgan fingerprint density at radius 3 is 2.60 bits per heavy atom. The van der Waals surface area contributed by atoms with Crippen LogP contribution in [0.15, 0.2) is 10.7 Å². The molecule has 0 saturated carbocycles. The predicted molar refractivity (Wildman–Crippen MR) is 89.3 cm³/mol. The van der Waals surface area contributed by atoms with Crippen LogP contribution in [0.2, 0.25) is 0 Å². The first-order valence-electron chi connectivity index (χ1n) is 6.99. The first-order chi connectivity index (χ1) is 9.34. The summed E-state index contributed by atoms with van der Waals surface area (Å²) >= 11 is 3.49. The third-order valence-corrected chi connectivity index (χ3v) is 3.34. The molecule has 6 heteroatoms. The SMILES string of the molecule is CCCNc1ncc(Br)c(NCC(C)(C)CN(C)C)n1. The molecule has 0 aliphatic heterocycles. The van der Waals surface area contributed by atoms with E-state index in [0.29, 0.717) is 5.95 Å². The van der Waals surface area contributed by atoms with Gasteiger partial charge in [0.05, 0.1) is 4.47 Å². The van der Waals surface area contributed by atoms with Gasteiger partial charge in [0.1, 0.15) is 5.82 Å². The van der Waals surface area contributed by atoms with Gasteiger partial charge in [-0.3, -0.25) is 0 Å². The lowest BCUT2D eigenvalue weighted by molar-refractivity contribution is 0.254. The van der Waals surface area contributed by atoms with E-state index in [1.54, 1.807) is 6.20 Å². The maximum absolute atomic E-state index is 4.50. The number of halogens is 1. The smallest absolute Gasteiger partial charge is 0.224 e. The summed E-state index contributed by atoms with van der Waals surface area (Å²) in [4.78, 5) is 10.9. The average Bonchev–Trinajstić information content (AvgIpc) is 2.34. The Morgan fingerprint density at radius 2 is 2.00 bits per heavy atom. The zero-order valence-electron chi connectivity index (χ0n) is 13.1. The van der Waals surface area contributed by atoms with Gasteiger partial charge < -0.3 is 15.5 Å². The standard InChI is InChI=1S/C14H26BrN5/c1-6-7-16-13-17-8-11(15)12(19-13)18-9-14(2,3)10-20(4)5/h8H,6-7,9-10H2,1-5H3,(H2,16,17,18,19). The Balaban J connectivity index is 2.66. The van der Waals surface area contributed by atoms with E-state index in [0.717, 1.165) is 36.3 Å². The van der Waals surface area contributed by atoms with Crippen molar-refractivity contribution in [2.75, 3.05) is 44.4 Å². The van der Waals surface area contributed by atoms with E-state index < -0.39 is 0 Å². The van der Waals surface area contributed by atoms with Crippen LogP contribution in [-0.4, -0.2) is 48.6 Å². The Morgan fingerprint density at radius 1 is 1.30 bits per heavy atom. The first kappa shape index (κ1) is 17.2. The molecule has 114 valence electrons. The van der Waals surface area contributed by atoms with Crippen molar-refractivity contribution in [3.8, 4) is 0 Å². The molecule has 0 aliphatic rings. The Hall–Kier alpha value is -0.880. The minimum absolute atomic E-state index is 0.172. The average molecular weight is 344 g/mol. The summed E-state index contributed by atoms with van der Waals surface area (Å²) in [5.74, 6) is 1.51. The van der Waals surface area contributed by atoms with Crippen LogP contribution in [0.3, 0.4) is 0 Å². The highest BCUT2D eigenvalue weighted by Crippen LogP contribution is 2.23. The third kappa shape index (κ3) is 6.05. The van der Waals surface area contributed by atoms with Gasteiger partial charge in [0.15, 0.2) is 0 Å². The Bertz CT molecular complexity index is 420. The van der Waals surface area contributed by atoms with Gasteiger partial charge in [-0.25, -0.2) is 4.98 Å². The molecular formula is C14H26BrN5. The van der Waals surface area contributed by atoms with E-state index in [2.05, 4.69) is 76.3 Å². The van der Waals surface area contributed by atoms with Gasteiger partial charge in [0.2, 0.25) is 5.95 Å². The molecule has 0 atom stereocenters. The molecule has 0 bridgehead atoms. The minimum Gasteiger partial charge on any atom is -0.368 e. The molecular weight excluding hydrogens is 318 g/mol. The van der Waals surface area contributed by atoms with Gasteiger partial charge in [-0.2, -0.15) is 4.98 Å². The van der Waals surface area contributed by atoms with Gasteiger partial charge in [0.25, 0.3) is 0 Å². The van der Waals surface area contributed by atoms with Gasteiger partial charge in [-0.05, 0) is 41.9 Å². The summed E-state index contributed by atoms with van der Waals surface area (Å²) in [7, 11) is 4.18. The van der Waals surface area contributed by atoms with E-state index in [1.807, 2.05) is 0 Å². The molecule has 0 fully saturated rings. The number of aromatic nitrogens is 2. The maximum Gasteiger partial charge on any atom is 0.224 e. The fourth-order valence-corrected chi connectivity index (χ4v) is 2.38. The number of hydrogen-bond acceptors (Lipinski definition) is 5. The largest absolute Gasteiger partial charge is 0.368 e. The lowest BCUT2D eigenvalue weighted by Crippen LogP contribution is -2.34. The maximum atomic E-state index is 4.50. The fraction of sp³-hybridized carbons (Fsp3) is 0.714. The molecule has 20 heavy (non-hydrogen) atoms. The van der Waals surface area contributed by atoms with Crippen LogP contribution in [0.4, 0.5) is 11.8 Å². The minimum atomic E-state index is 0.172. The van der Waals surface area contributed by atoms with E-state index in [1.165, 1.54) is 0 Å². The molecule has 0 aliphatic carbocycles. The van der Waals surface area contributed by atoms with Gasteiger partial charge in [0, 0.05) is 25.8 Å². The van der Waals surface area contributed by atoms with Gasteiger partial charge in [-0.1, -0.05) is 20.8 Å². The summed E-state index contributed by atoms with van der Waals surface area (Å²) in [6.45, 7) is 9.36. The molecule has 0 radical (unpaired) electrons. The van der Waals surface area contributed by atoms with Crippen molar-refractivity contribution in [1.82, 2.24) is 14.9 Å². The highest BCUT2D eigenvalue weighted by Gasteiger charge is 2.19. The van der Waals surface area contributed by atoms with Crippen molar-refractivity contribution in [3.63, 3.8) is 0 Å². The fourth-order valence-electron chi connectivity index (χ4n) is 2.05. The number of anilines is 2. The second-order valence-corrected chi connectivity index (χ2v) is 6.93. The van der Waals surface area contributed by atoms with Crippen LogP contribution in [0.5, 0.6) is 0 Å². The van der Waals surface area contributed by atoms with Crippen molar-refractivity contribution in [2.24, 2.45) is 5.41 Å². The zero-order valence-corrected chi connectivity index (χ0v) is 14.7. The molecule has 0 spiro atoms. The number of hydrogen-bond donors (Lipinski definition) is 2. The second kappa shape index (κ2) is 7.78. The van der Waals surface area contributed by atoms with Crippen molar-refractivity contribution >= 4 is 27.7 Å². The second-order valence-electron chi connectivity index (χ2n) is 6.07. The van der Waals surface area contributed by atoms with E-state index in [-0.39, 0.29) is 5.41 Å². The normalized spacial score (nSPS) is 11.8. The first-order valence-corrected chi connectivity index (χ1v) is 7.78. The molecule has 1 aromatic heterocycles. The highest BCUT2D eigenvalue weighted by atomic mass is 79.9. The molecule has 1 rings (SSSR count). The predicted octanol–water partition coefficient (Wildman–Crippen LogP) is 3.06. The van der Waals surface area contributed by atoms with E-state index in [4.69, 9.17) is 0 Å². The molecule has 0 unspecified atom stereocenters. The molecule has 1 heterocycles. The van der Waals surface area contributed by atoms with Crippen molar-refractivity contribution in [2.45, 2.75) is 27.2 Å². The summed E-state index contributed by atoms with van der Waals surface area (Å²) in [5.41, 5.74) is 0.172. The van der Waals surface area contributed by atoms with Crippen molar-refractivity contribution in [3.05, 3.63) is 10.7 Å². The highest BCUT2D eigenvalue weighted by molar-refractivity contribution is 9.10. The zero-order chi connectivity index (χ0) is 15.2.